The van der Waals surface area contributed by atoms with Crippen molar-refractivity contribution in [2.24, 2.45) is 5.92 Å². The van der Waals surface area contributed by atoms with Crippen LogP contribution in [0.2, 0.25) is 0 Å². The fraction of sp³-hybridized carbons (Fsp3) is 0.435. The maximum atomic E-state index is 12.4. The Morgan fingerprint density at radius 3 is 2.61 bits per heavy atom. The van der Waals surface area contributed by atoms with Gasteiger partial charge in [0, 0.05) is 44.1 Å². The molecule has 1 unspecified atom stereocenters. The molecule has 0 saturated carbocycles. The van der Waals surface area contributed by atoms with E-state index in [9.17, 15) is 9.59 Å². The lowest BCUT2D eigenvalue weighted by Crippen LogP contribution is -2.51. The van der Waals surface area contributed by atoms with Gasteiger partial charge in [0.25, 0.3) is 0 Å². The highest BCUT2D eigenvalue weighted by molar-refractivity contribution is 7.14. The summed E-state index contributed by atoms with van der Waals surface area (Å²) < 4.78 is 5.43. The predicted molar refractivity (Wildman–Crippen MR) is 124 cm³/mol. The Kier molecular flexibility index (Phi) is 8.34. The molecule has 1 fully saturated rings. The van der Waals surface area contributed by atoms with Gasteiger partial charge in [0.05, 0.1) is 24.6 Å². The van der Waals surface area contributed by atoms with Crippen molar-refractivity contribution in [3.05, 3.63) is 47.5 Å². The topological polar surface area (TPSA) is 74.8 Å². The lowest BCUT2D eigenvalue weighted by Gasteiger charge is -2.36. The van der Waals surface area contributed by atoms with Crippen molar-refractivity contribution in [2.45, 2.75) is 26.8 Å². The molecule has 166 valence electrons. The molecule has 1 atom stereocenters. The van der Waals surface area contributed by atoms with Gasteiger partial charge in [0.2, 0.25) is 11.8 Å². The minimum atomic E-state index is -0.153. The molecule has 31 heavy (non-hydrogen) atoms. The molecule has 0 aliphatic carbocycles. The quantitative estimate of drug-likeness (QED) is 0.635. The Balaban J connectivity index is 1.59. The average Bonchev–Trinajstić information content (AvgIpc) is 3.22. The smallest absolute Gasteiger partial charge is 0.244 e. The molecule has 3 rings (SSSR count). The summed E-state index contributed by atoms with van der Waals surface area (Å²) in [5.74, 6) is 0.163. The number of ether oxygens (including phenoxy) is 1. The third-order valence-electron chi connectivity index (χ3n) is 5.21. The zero-order chi connectivity index (χ0) is 22.2. The van der Waals surface area contributed by atoms with E-state index in [0.29, 0.717) is 23.3 Å². The maximum absolute atomic E-state index is 12.4. The van der Waals surface area contributed by atoms with Gasteiger partial charge in [-0.25, -0.2) is 4.98 Å². The van der Waals surface area contributed by atoms with Crippen LogP contribution in [0, 0.1) is 5.92 Å². The van der Waals surface area contributed by atoms with E-state index >= 15 is 0 Å². The molecule has 1 saturated heterocycles. The minimum absolute atomic E-state index is 0.114. The van der Waals surface area contributed by atoms with Crippen LogP contribution in [0.3, 0.4) is 0 Å². The minimum Gasteiger partial charge on any atom is -0.379 e. The average molecular weight is 443 g/mol. The van der Waals surface area contributed by atoms with Gasteiger partial charge >= 0.3 is 0 Å². The fourth-order valence-electron chi connectivity index (χ4n) is 3.58. The number of morpholine rings is 1. The molecule has 0 bridgehead atoms. The Morgan fingerprint density at radius 2 is 1.97 bits per heavy atom. The Labute approximate surface area is 187 Å². The van der Waals surface area contributed by atoms with E-state index in [1.807, 2.05) is 35.7 Å². The molecule has 0 radical (unpaired) electrons. The molecule has 1 aliphatic rings. The zero-order valence-corrected chi connectivity index (χ0v) is 19.1. The van der Waals surface area contributed by atoms with Gasteiger partial charge in [0.15, 0.2) is 5.13 Å². The number of nitrogens with zero attached hydrogens (tertiary/aromatic N) is 3. The highest BCUT2D eigenvalue weighted by Crippen LogP contribution is 2.29. The SMILES string of the molecule is CC(=O)N(c1ccccc1)c1nc(/C=C/C(=O)NCC(C(C)C)N2CCOCC2)cs1. The van der Waals surface area contributed by atoms with Crippen LogP contribution >= 0.6 is 11.3 Å². The molecular formula is C23H30N4O3S. The van der Waals surface area contributed by atoms with Gasteiger partial charge in [-0.05, 0) is 24.1 Å². The number of para-hydroxylation sites is 1. The summed E-state index contributed by atoms with van der Waals surface area (Å²) in [6, 6.07) is 9.68. The molecule has 2 heterocycles. The predicted octanol–water partition coefficient (Wildman–Crippen LogP) is 3.31. The number of amides is 2. The lowest BCUT2D eigenvalue weighted by atomic mass is 10.0. The largest absolute Gasteiger partial charge is 0.379 e. The molecule has 2 amide bonds. The van der Waals surface area contributed by atoms with Gasteiger partial charge in [-0.1, -0.05) is 32.0 Å². The summed E-state index contributed by atoms with van der Waals surface area (Å²) in [6.07, 6.45) is 3.17. The molecule has 2 aromatic rings. The van der Waals surface area contributed by atoms with E-state index in [1.165, 1.54) is 24.3 Å². The number of anilines is 2. The van der Waals surface area contributed by atoms with Crippen LogP contribution in [0.15, 0.2) is 41.8 Å². The first-order valence-electron chi connectivity index (χ1n) is 10.5. The van der Waals surface area contributed by atoms with Gasteiger partial charge in [-0.15, -0.1) is 11.3 Å². The van der Waals surface area contributed by atoms with Crippen LogP contribution in [-0.4, -0.2) is 60.6 Å². The standard InChI is InChI=1S/C23H30N4O3S/c1-17(2)21(26-11-13-30-14-12-26)15-24-22(29)10-9-19-16-31-23(25-19)27(18(3)28)20-7-5-4-6-8-20/h4-10,16-17,21H,11-15H2,1-3H3,(H,24,29)/b10-9+. The van der Waals surface area contributed by atoms with Crippen LogP contribution in [0.1, 0.15) is 26.5 Å². The first kappa shape index (κ1) is 23.1. The molecule has 1 aromatic carbocycles. The number of nitrogens with one attached hydrogen (secondary N) is 1. The van der Waals surface area contributed by atoms with Gasteiger partial charge in [0.1, 0.15) is 0 Å². The molecule has 8 heteroatoms. The number of thiazole rings is 1. The summed E-state index contributed by atoms with van der Waals surface area (Å²) in [4.78, 5) is 33.0. The van der Waals surface area contributed by atoms with Crippen molar-refractivity contribution >= 4 is 40.0 Å². The van der Waals surface area contributed by atoms with Crippen LogP contribution in [0.5, 0.6) is 0 Å². The molecule has 1 N–H and O–H groups in total. The van der Waals surface area contributed by atoms with E-state index in [4.69, 9.17) is 4.74 Å². The van der Waals surface area contributed by atoms with E-state index in [1.54, 1.807) is 11.0 Å². The Morgan fingerprint density at radius 1 is 1.26 bits per heavy atom. The highest BCUT2D eigenvalue weighted by Gasteiger charge is 2.24. The number of benzene rings is 1. The molecular weight excluding hydrogens is 412 g/mol. The maximum Gasteiger partial charge on any atom is 0.244 e. The zero-order valence-electron chi connectivity index (χ0n) is 18.3. The van der Waals surface area contributed by atoms with Crippen LogP contribution in [-0.2, 0) is 14.3 Å². The monoisotopic (exact) mass is 442 g/mol. The van der Waals surface area contributed by atoms with Crippen LogP contribution in [0.4, 0.5) is 10.8 Å². The summed E-state index contributed by atoms with van der Waals surface area (Å²) >= 11 is 1.37. The van der Waals surface area contributed by atoms with Gasteiger partial charge < -0.3 is 10.1 Å². The number of hydrogen-bond donors (Lipinski definition) is 1. The van der Waals surface area contributed by atoms with Crippen molar-refractivity contribution < 1.29 is 14.3 Å². The Bertz CT molecular complexity index is 891. The molecule has 0 spiro atoms. The Hall–Kier alpha value is -2.55. The number of aromatic nitrogens is 1. The second-order valence-corrected chi connectivity index (χ2v) is 8.62. The second-order valence-electron chi connectivity index (χ2n) is 7.78. The second kappa shape index (κ2) is 11.2. The van der Waals surface area contributed by atoms with Crippen LogP contribution < -0.4 is 10.2 Å². The number of rotatable bonds is 8. The summed E-state index contributed by atoms with van der Waals surface area (Å²) in [5, 5.41) is 5.42. The summed E-state index contributed by atoms with van der Waals surface area (Å²) in [7, 11) is 0. The third kappa shape index (κ3) is 6.46. The lowest BCUT2D eigenvalue weighted by molar-refractivity contribution is -0.117. The molecule has 1 aliphatic heterocycles. The van der Waals surface area contributed by atoms with Gasteiger partial charge in [-0.3, -0.25) is 19.4 Å². The van der Waals surface area contributed by atoms with Crippen LogP contribution in [0.25, 0.3) is 6.08 Å². The first-order valence-corrected chi connectivity index (χ1v) is 11.4. The normalized spacial score (nSPS) is 15.9. The van der Waals surface area contributed by atoms with E-state index in [2.05, 4.69) is 29.0 Å². The molecule has 1 aromatic heterocycles. The fourth-order valence-corrected chi connectivity index (χ4v) is 4.44. The van der Waals surface area contributed by atoms with Crippen molar-refractivity contribution in [1.82, 2.24) is 15.2 Å². The summed E-state index contributed by atoms with van der Waals surface area (Å²) in [6.45, 7) is 9.71. The third-order valence-corrected chi connectivity index (χ3v) is 6.05. The highest BCUT2D eigenvalue weighted by atomic mass is 32.1. The summed E-state index contributed by atoms with van der Waals surface area (Å²) in [5.41, 5.74) is 1.41. The number of carbonyl (C=O) groups excluding carboxylic acids is 2. The van der Waals surface area contributed by atoms with E-state index in [0.717, 1.165) is 32.0 Å². The number of hydrogen-bond acceptors (Lipinski definition) is 6. The van der Waals surface area contributed by atoms with E-state index in [-0.39, 0.29) is 17.9 Å². The van der Waals surface area contributed by atoms with Crippen molar-refractivity contribution in [1.29, 1.82) is 0 Å². The van der Waals surface area contributed by atoms with Crippen molar-refractivity contribution in [3.8, 4) is 0 Å². The van der Waals surface area contributed by atoms with Gasteiger partial charge in [-0.2, -0.15) is 0 Å². The first-order chi connectivity index (χ1) is 15.0. The van der Waals surface area contributed by atoms with Crippen molar-refractivity contribution in [3.63, 3.8) is 0 Å². The molecule has 7 nitrogen and oxygen atoms in total. The number of carbonyl (C=O) groups is 2. The van der Waals surface area contributed by atoms with E-state index < -0.39 is 0 Å². The van der Waals surface area contributed by atoms with Crippen molar-refractivity contribution in [2.75, 3.05) is 37.7 Å².